The van der Waals surface area contributed by atoms with Crippen molar-refractivity contribution >= 4 is 10.8 Å². The Morgan fingerprint density at radius 3 is 2.24 bits per heavy atom. The smallest absolute Gasteiger partial charge is 0.283 e. The van der Waals surface area contributed by atoms with Gasteiger partial charge in [0.25, 0.3) is 5.56 Å². The first-order valence-corrected chi connectivity index (χ1v) is 9.34. The van der Waals surface area contributed by atoms with Gasteiger partial charge in [0.15, 0.2) is 0 Å². The number of fused-ring (bicyclic) bond motifs is 1. The van der Waals surface area contributed by atoms with Crippen molar-refractivity contribution in [2.45, 2.75) is 20.1 Å². The van der Waals surface area contributed by atoms with Crippen LogP contribution in [-0.4, -0.2) is 9.94 Å². The normalized spacial score (nSPS) is 10.8. The molecule has 0 unspecified atom stereocenters. The van der Waals surface area contributed by atoms with Crippen molar-refractivity contribution in [3.05, 3.63) is 106 Å². The van der Waals surface area contributed by atoms with E-state index >= 15 is 0 Å². The van der Waals surface area contributed by atoms with Gasteiger partial charge in [0, 0.05) is 6.07 Å². The number of pyridine rings is 1. The monoisotopic (exact) mass is 387 g/mol. The molecule has 4 rings (SSSR count). The molecule has 0 aliphatic heterocycles. The predicted molar refractivity (Wildman–Crippen MR) is 112 cm³/mol. The summed E-state index contributed by atoms with van der Waals surface area (Å²) in [6.45, 7) is 2.36. The van der Waals surface area contributed by atoms with Gasteiger partial charge >= 0.3 is 0 Å². The molecule has 5 heteroatoms. The lowest BCUT2D eigenvalue weighted by Crippen LogP contribution is -2.21. The van der Waals surface area contributed by atoms with Crippen LogP contribution in [0.4, 0.5) is 0 Å². The zero-order valence-electron chi connectivity index (χ0n) is 16.0. The Labute approximate surface area is 168 Å². The van der Waals surface area contributed by atoms with Gasteiger partial charge in [0.2, 0.25) is 0 Å². The van der Waals surface area contributed by atoms with Crippen molar-refractivity contribution in [1.29, 1.82) is 0 Å². The molecule has 0 fully saturated rings. The van der Waals surface area contributed by atoms with Crippen molar-refractivity contribution in [1.82, 2.24) is 4.73 Å². The summed E-state index contributed by atoms with van der Waals surface area (Å²) in [5.41, 5.74) is 1.83. The van der Waals surface area contributed by atoms with E-state index in [2.05, 4.69) is 24.3 Å². The molecule has 1 heterocycles. The number of rotatable bonds is 6. The quantitative estimate of drug-likeness (QED) is 0.487. The first kappa shape index (κ1) is 18.6. The summed E-state index contributed by atoms with van der Waals surface area (Å²) in [4.78, 5) is 11.6. The fourth-order valence-corrected chi connectivity index (χ4v) is 3.23. The topological polar surface area (TPSA) is 60.7 Å². The van der Waals surface area contributed by atoms with Crippen LogP contribution in [0.1, 0.15) is 16.8 Å². The Kier molecular flexibility index (Phi) is 5.20. The van der Waals surface area contributed by atoms with Crippen molar-refractivity contribution in [2.75, 3.05) is 0 Å². The molecule has 0 bridgehead atoms. The fraction of sp³-hybridized carbons (Fsp3) is 0.125. The summed E-state index contributed by atoms with van der Waals surface area (Å²) in [6.07, 6.45) is 0. The second-order valence-corrected chi connectivity index (χ2v) is 6.86. The van der Waals surface area contributed by atoms with Crippen LogP contribution in [-0.2, 0) is 13.2 Å². The molecule has 5 nitrogen and oxygen atoms in total. The van der Waals surface area contributed by atoms with E-state index in [1.54, 1.807) is 25.1 Å². The highest BCUT2D eigenvalue weighted by Gasteiger charge is 2.06. The van der Waals surface area contributed by atoms with Gasteiger partial charge in [-0.25, -0.2) is 0 Å². The van der Waals surface area contributed by atoms with Crippen LogP contribution < -0.4 is 15.0 Å². The van der Waals surface area contributed by atoms with Crippen LogP contribution in [0.2, 0.25) is 0 Å². The van der Waals surface area contributed by atoms with Crippen molar-refractivity contribution in [2.24, 2.45) is 0 Å². The lowest BCUT2D eigenvalue weighted by molar-refractivity contribution is 0.147. The molecule has 0 aliphatic rings. The van der Waals surface area contributed by atoms with Gasteiger partial charge in [-0.3, -0.25) is 4.79 Å². The van der Waals surface area contributed by atoms with Crippen LogP contribution >= 0.6 is 0 Å². The lowest BCUT2D eigenvalue weighted by Gasteiger charge is -2.11. The minimum atomic E-state index is -0.471. The van der Waals surface area contributed by atoms with Crippen molar-refractivity contribution < 1.29 is 14.7 Å². The van der Waals surface area contributed by atoms with E-state index in [-0.39, 0.29) is 6.61 Å². The number of ether oxygens (including phenoxy) is 2. The van der Waals surface area contributed by atoms with Crippen molar-refractivity contribution in [3.8, 4) is 11.5 Å². The minimum Gasteiger partial charge on any atom is -0.489 e. The average molecular weight is 387 g/mol. The Hall–Kier alpha value is -3.73. The molecule has 1 aromatic heterocycles. The molecule has 0 amide bonds. The standard InChI is InChI=1S/C24H21NO4/c1-17-13-20(25(27)24(26)14-17)16-29-22-11-9-21(10-12-22)28-15-19-7-4-6-18-5-2-3-8-23(18)19/h2-14,27H,15-16H2,1H3. The third-order valence-corrected chi connectivity index (χ3v) is 4.71. The summed E-state index contributed by atoms with van der Waals surface area (Å²) < 4.78 is 12.2. The Morgan fingerprint density at radius 2 is 1.48 bits per heavy atom. The van der Waals surface area contributed by atoms with E-state index < -0.39 is 5.56 Å². The molecule has 0 saturated carbocycles. The summed E-state index contributed by atoms with van der Waals surface area (Å²) in [5.74, 6) is 1.36. The molecule has 0 atom stereocenters. The minimum absolute atomic E-state index is 0.0869. The average Bonchev–Trinajstić information content (AvgIpc) is 2.74. The number of benzene rings is 3. The van der Waals surface area contributed by atoms with Crippen LogP contribution in [0, 0.1) is 6.92 Å². The van der Waals surface area contributed by atoms with E-state index in [1.807, 2.05) is 30.3 Å². The molecule has 1 N–H and O–H groups in total. The number of aryl methyl sites for hydroxylation is 1. The number of nitrogens with zero attached hydrogens (tertiary/aromatic N) is 1. The van der Waals surface area contributed by atoms with Gasteiger partial charge < -0.3 is 14.7 Å². The first-order valence-electron chi connectivity index (χ1n) is 9.34. The second-order valence-electron chi connectivity index (χ2n) is 6.86. The first-order chi connectivity index (χ1) is 14.1. The largest absolute Gasteiger partial charge is 0.489 e. The highest BCUT2D eigenvalue weighted by Crippen LogP contribution is 2.22. The molecular formula is C24H21NO4. The Bertz CT molecular complexity index is 1190. The third-order valence-electron chi connectivity index (χ3n) is 4.71. The highest BCUT2D eigenvalue weighted by molar-refractivity contribution is 5.85. The van der Waals surface area contributed by atoms with Crippen LogP contribution in [0.3, 0.4) is 0 Å². The van der Waals surface area contributed by atoms with Gasteiger partial charge in [-0.2, -0.15) is 0 Å². The zero-order valence-corrected chi connectivity index (χ0v) is 16.0. The second kappa shape index (κ2) is 8.10. The van der Waals surface area contributed by atoms with Gasteiger partial charge in [-0.15, -0.1) is 4.73 Å². The lowest BCUT2D eigenvalue weighted by atomic mass is 10.1. The Morgan fingerprint density at radius 1 is 0.828 bits per heavy atom. The van der Waals surface area contributed by atoms with Crippen LogP contribution in [0.15, 0.2) is 83.7 Å². The summed E-state index contributed by atoms with van der Waals surface area (Å²) in [6, 6.07) is 24.8. The molecule has 146 valence electrons. The molecule has 4 aromatic rings. The number of hydrogen-bond donors (Lipinski definition) is 1. The van der Waals surface area contributed by atoms with E-state index in [0.717, 1.165) is 16.9 Å². The van der Waals surface area contributed by atoms with Crippen molar-refractivity contribution in [3.63, 3.8) is 0 Å². The van der Waals surface area contributed by atoms with Crippen LogP contribution in [0.25, 0.3) is 10.8 Å². The molecule has 29 heavy (non-hydrogen) atoms. The van der Waals surface area contributed by atoms with Gasteiger partial charge in [0.05, 0.1) is 5.69 Å². The maximum Gasteiger partial charge on any atom is 0.283 e. The van der Waals surface area contributed by atoms with E-state index in [4.69, 9.17) is 9.47 Å². The predicted octanol–water partition coefficient (Wildman–Crippen LogP) is 4.71. The summed E-state index contributed by atoms with van der Waals surface area (Å²) >= 11 is 0. The van der Waals surface area contributed by atoms with Crippen LogP contribution in [0.5, 0.6) is 11.5 Å². The molecular weight excluding hydrogens is 366 g/mol. The number of hydrogen-bond acceptors (Lipinski definition) is 4. The van der Waals surface area contributed by atoms with Gasteiger partial charge in [-0.05, 0) is 59.2 Å². The fourth-order valence-electron chi connectivity index (χ4n) is 3.23. The zero-order chi connectivity index (χ0) is 20.2. The molecule has 0 spiro atoms. The molecule has 0 saturated heterocycles. The third kappa shape index (κ3) is 4.24. The maximum atomic E-state index is 11.6. The highest BCUT2D eigenvalue weighted by atomic mass is 16.5. The Balaban J connectivity index is 1.40. The maximum absolute atomic E-state index is 11.6. The van der Waals surface area contributed by atoms with E-state index in [0.29, 0.717) is 22.8 Å². The van der Waals surface area contributed by atoms with E-state index in [9.17, 15) is 10.0 Å². The number of aromatic nitrogens is 1. The summed E-state index contributed by atoms with van der Waals surface area (Å²) in [7, 11) is 0. The summed E-state index contributed by atoms with van der Waals surface area (Å²) in [5, 5.41) is 12.2. The molecule has 3 aromatic carbocycles. The van der Waals surface area contributed by atoms with E-state index in [1.165, 1.54) is 16.8 Å². The molecule has 0 radical (unpaired) electrons. The van der Waals surface area contributed by atoms with Gasteiger partial charge in [-0.1, -0.05) is 42.5 Å². The molecule has 0 aliphatic carbocycles. The van der Waals surface area contributed by atoms with Gasteiger partial charge in [0.1, 0.15) is 24.7 Å². The SMILES string of the molecule is Cc1cc(COc2ccc(OCc3cccc4ccccc34)cc2)n(O)c(=O)c1.